The third-order valence-corrected chi connectivity index (χ3v) is 14.1. The molecule has 2 saturated carbocycles. The van der Waals surface area contributed by atoms with E-state index in [1.807, 2.05) is 24.3 Å². The molecule has 6 nitrogen and oxygen atoms in total. The van der Waals surface area contributed by atoms with Gasteiger partial charge in [-0.05, 0) is 116 Å². The van der Waals surface area contributed by atoms with Crippen molar-refractivity contribution in [2.45, 2.75) is 87.9 Å². The second-order valence-corrected chi connectivity index (χ2v) is 17.3. The van der Waals surface area contributed by atoms with Crippen molar-refractivity contribution in [1.82, 2.24) is 4.72 Å². The Bertz CT molecular complexity index is 1590. The summed E-state index contributed by atoms with van der Waals surface area (Å²) in [5.74, 6) is 5.66. The van der Waals surface area contributed by atoms with Crippen LogP contribution in [0, 0.1) is 23.7 Å². The van der Waals surface area contributed by atoms with Crippen LogP contribution in [0.2, 0.25) is 5.02 Å². The minimum Gasteiger partial charge on any atom is -0.490 e. The lowest BCUT2D eigenvalue weighted by Gasteiger charge is -2.45. The van der Waals surface area contributed by atoms with Gasteiger partial charge in [0.2, 0.25) is 0 Å². The molecule has 8 heteroatoms. The Morgan fingerprint density at radius 1 is 1.16 bits per heavy atom. The zero-order chi connectivity index (χ0) is 31.3. The number of nitrogens with one attached hydrogen (secondary N) is 1. The van der Waals surface area contributed by atoms with E-state index in [9.17, 15) is 14.1 Å². The number of allylic oxidation sites excluding steroid dienone is 1. The number of benzene rings is 2. The minimum atomic E-state index is -2.94. The van der Waals surface area contributed by atoms with Crippen molar-refractivity contribution in [3.63, 3.8) is 0 Å². The molecule has 1 unspecified atom stereocenters. The predicted molar refractivity (Wildman–Crippen MR) is 184 cm³/mol. The van der Waals surface area contributed by atoms with E-state index in [0.29, 0.717) is 30.4 Å². The van der Waals surface area contributed by atoms with Crippen molar-refractivity contribution in [1.29, 1.82) is 0 Å². The molecule has 45 heavy (non-hydrogen) atoms. The number of amides is 1. The molecule has 2 fully saturated rings. The Balaban J connectivity index is 1.27. The molecule has 7 atom stereocenters. The maximum atomic E-state index is 14.2. The first-order valence-electron chi connectivity index (χ1n) is 17.0. The van der Waals surface area contributed by atoms with Crippen molar-refractivity contribution in [3.8, 4) is 5.75 Å². The van der Waals surface area contributed by atoms with E-state index in [1.54, 1.807) is 6.07 Å². The average Bonchev–Trinajstić information content (AvgIpc) is 3.10. The molecular formula is C37H47ClN2O4S. The molecule has 0 radical (unpaired) electrons. The number of carbonyl (C=O) groups is 1. The van der Waals surface area contributed by atoms with E-state index in [-0.39, 0.29) is 28.4 Å². The molecular weight excluding hydrogens is 604 g/mol. The number of nitrogens with zero attached hydrogens (tertiary/aromatic N) is 1. The number of anilines is 1. The number of hydrogen-bond donors (Lipinski definition) is 2. The number of halogens is 1. The Morgan fingerprint density at radius 3 is 2.76 bits per heavy atom. The van der Waals surface area contributed by atoms with Crippen LogP contribution < -0.4 is 14.4 Å². The molecule has 242 valence electrons. The topological polar surface area (TPSA) is 78.9 Å². The van der Waals surface area contributed by atoms with Crippen LogP contribution in [0.25, 0.3) is 0 Å². The average molecular weight is 651 g/mol. The SMILES string of the molecule is C=S1(=O)NC(=O)c2ccc3c(c2)N(C[C@@H]2CC[C@H]2[C@@H](O)/C=C/C[C@H](C)[C@H]1CC1CCC1)C[C@@]1(CCCc2cc(Cl)ccc21)CO3. The smallest absolute Gasteiger partial charge is 0.262 e. The second kappa shape index (κ2) is 12.3. The van der Waals surface area contributed by atoms with Crippen LogP contribution in [0.4, 0.5) is 5.69 Å². The molecule has 0 saturated heterocycles. The molecule has 0 aromatic heterocycles. The monoisotopic (exact) mass is 650 g/mol. The van der Waals surface area contributed by atoms with Crippen molar-refractivity contribution < 1.29 is 18.8 Å². The van der Waals surface area contributed by atoms with Gasteiger partial charge in [-0.15, -0.1) is 0 Å². The Kier molecular flexibility index (Phi) is 8.49. The van der Waals surface area contributed by atoms with Gasteiger partial charge in [0.25, 0.3) is 5.91 Å². The number of carbonyl (C=O) groups excluding carboxylic acids is 1. The Hall–Kier alpha value is -2.48. The molecule has 2 aliphatic heterocycles. The maximum Gasteiger partial charge on any atom is 0.262 e. The standard InChI is InChI=1S/C37H47ClN2O4S/c1-24-6-3-10-33(41)30-14-11-28(30)21-40-22-37(17-5-9-26-19-29(38)13-15-31(26)37)23-44-34-16-12-27(20-32(34)40)36(42)39-45(2,43)35(24)18-25-7-4-8-25/h3,10,12-13,15-16,19-20,24-25,28,30,33,35,41H,2,4-9,11,14,17-18,21-23H2,1H3,(H,39,42,43)/b10-3+/t24-,28-,30+,33-,35+,37-,45?/m0/s1. The lowest BCUT2D eigenvalue weighted by molar-refractivity contribution is 0.0455. The van der Waals surface area contributed by atoms with Gasteiger partial charge in [0, 0.05) is 34.3 Å². The summed E-state index contributed by atoms with van der Waals surface area (Å²) in [6.07, 6.45) is 13.6. The Labute approximate surface area is 273 Å². The number of aliphatic hydroxyl groups is 1. The van der Waals surface area contributed by atoms with E-state index in [1.165, 1.54) is 17.5 Å². The lowest BCUT2D eigenvalue weighted by Crippen LogP contribution is -2.49. The summed E-state index contributed by atoms with van der Waals surface area (Å²) in [5, 5.41) is 11.9. The third kappa shape index (κ3) is 6.05. The first kappa shape index (κ1) is 31.1. The first-order valence-corrected chi connectivity index (χ1v) is 19.1. The molecule has 2 N–H and O–H groups in total. The van der Waals surface area contributed by atoms with E-state index >= 15 is 0 Å². The van der Waals surface area contributed by atoms with Crippen LogP contribution >= 0.6 is 11.6 Å². The minimum absolute atomic E-state index is 0.0600. The number of fused-ring (bicyclic) bond motifs is 4. The molecule has 2 bridgehead atoms. The molecule has 2 heterocycles. The van der Waals surface area contributed by atoms with Crippen LogP contribution in [0.1, 0.15) is 86.2 Å². The summed E-state index contributed by atoms with van der Waals surface area (Å²) in [5.41, 5.74) is 3.73. The first-order chi connectivity index (χ1) is 21.6. The number of rotatable bonds is 2. The van der Waals surface area contributed by atoms with Gasteiger partial charge >= 0.3 is 0 Å². The normalized spacial score (nSPS) is 35.9. The van der Waals surface area contributed by atoms with E-state index in [0.717, 1.165) is 80.9 Å². The number of hydrogen-bond acceptors (Lipinski definition) is 5. The van der Waals surface area contributed by atoms with Gasteiger partial charge in [-0.25, -0.2) is 4.21 Å². The highest BCUT2D eigenvalue weighted by Crippen LogP contribution is 2.47. The fourth-order valence-corrected chi connectivity index (χ4v) is 10.9. The van der Waals surface area contributed by atoms with Crippen molar-refractivity contribution in [2.24, 2.45) is 23.7 Å². The molecule has 1 amide bonds. The summed E-state index contributed by atoms with van der Waals surface area (Å²) in [7, 11) is -2.94. The Morgan fingerprint density at radius 2 is 2.00 bits per heavy atom. The largest absolute Gasteiger partial charge is 0.490 e. The van der Waals surface area contributed by atoms with Crippen molar-refractivity contribution >= 4 is 38.8 Å². The molecule has 2 aromatic rings. The van der Waals surface area contributed by atoms with Crippen LogP contribution in [0.5, 0.6) is 5.75 Å². The van der Waals surface area contributed by atoms with Gasteiger partial charge in [0.05, 0.1) is 28.1 Å². The quantitative estimate of drug-likeness (QED) is 0.279. The van der Waals surface area contributed by atoms with Crippen LogP contribution in [-0.4, -0.2) is 52.1 Å². The highest BCUT2D eigenvalue weighted by molar-refractivity contribution is 7.99. The summed E-state index contributed by atoms with van der Waals surface area (Å²) in [4.78, 5) is 16.2. The predicted octanol–water partition coefficient (Wildman–Crippen LogP) is 6.72. The summed E-state index contributed by atoms with van der Waals surface area (Å²) in [6, 6.07) is 11.9. The van der Waals surface area contributed by atoms with Gasteiger partial charge in [0.15, 0.2) is 0 Å². The number of aliphatic hydroxyl groups excluding tert-OH is 1. The molecule has 7 rings (SSSR count). The summed E-state index contributed by atoms with van der Waals surface area (Å²) >= 11 is 6.43. The van der Waals surface area contributed by atoms with Crippen LogP contribution in [-0.2, 0) is 21.5 Å². The third-order valence-electron chi connectivity index (χ3n) is 11.7. The molecule has 1 spiro atoms. The van der Waals surface area contributed by atoms with Gasteiger partial charge in [-0.2, -0.15) is 0 Å². The fraction of sp³-hybridized carbons (Fsp3) is 0.568. The van der Waals surface area contributed by atoms with Gasteiger partial charge in [-0.3, -0.25) is 9.52 Å². The van der Waals surface area contributed by atoms with Gasteiger partial charge < -0.3 is 14.7 Å². The number of ether oxygens (including phenoxy) is 1. The van der Waals surface area contributed by atoms with E-state index in [4.69, 9.17) is 16.3 Å². The summed E-state index contributed by atoms with van der Waals surface area (Å²) in [6.45, 7) is 4.18. The van der Waals surface area contributed by atoms with Crippen LogP contribution in [0.15, 0.2) is 48.6 Å². The lowest BCUT2D eigenvalue weighted by atomic mass is 9.68. The maximum absolute atomic E-state index is 14.2. The van der Waals surface area contributed by atoms with E-state index < -0.39 is 15.8 Å². The van der Waals surface area contributed by atoms with E-state index in [2.05, 4.69) is 40.6 Å². The molecule has 2 aromatic carbocycles. The zero-order valence-corrected chi connectivity index (χ0v) is 28.0. The van der Waals surface area contributed by atoms with Gasteiger partial charge in [0.1, 0.15) is 5.75 Å². The van der Waals surface area contributed by atoms with Gasteiger partial charge in [-0.1, -0.05) is 56.0 Å². The summed E-state index contributed by atoms with van der Waals surface area (Å²) < 4.78 is 23.8. The fourth-order valence-electron chi connectivity index (χ4n) is 8.65. The second-order valence-electron chi connectivity index (χ2n) is 14.6. The molecule has 3 aliphatic carbocycles. The highest BCUT2D eigenvalue weighted by Gasteiger charge is 2.44. The van der Waals surface area contributed by atoms with Crippen molar-refractivity contribution in [2.75, 3.05) is 24.6 Å². The molecule has 5 aliphatic rings. The highest BCUT2D eigenvalue weighted by atomic mass is 35.5. The number of aryl methyl sites for hydroxylation is 1. The zero-order valence-electron chi connectivity index (χ0n) is 26.4. The van der Waals surface area contributed by atoms with Crippen LogP contribution in [0.3, 0.4) is 0 Å². The van der Waals surface area contributed by atoms with Crippen molar-refractivity contribution in [3.05, 3.63) is 70.3 Å².